The molecule has 1 aliphatic heterocycles. The number of hydrogen-bond donors (Lipinski definition) is 2. The highest BCUT2D eigenvalue weighted by Crippen LogP contribution is 2.22. The van der Waals surface area contributed by atoms with Crippen molar-refractivity contribution in [1.82, 2.24) is 5.32 Å². The van der Waals surface area contributed by atoms with Gasteiger partial charge in [0.15, 0.2) is 0 Å². The van der Waals surface area contributed by atoms with Gasteiger partial charge in [0.05, 0.1) is 12.5 Å². The van der Waals surface area contributed by atoms with Crippen LogP contribution in [0.5, 0.6) is 0 Å². The van der Waals surface area contributed by atoms with Crippen LogP contribution in [0.2, 0.25) is 0 Å². The van der Waals surface area contributed by atoms with Gasteiger partial charge in [0.2, 0.25) is 0 Å². The molecule has 19 heavy (non-hydrogen) atoms. The summed E-state index contributed by atoms with van der Waals surface area (Å²) >= 11 is 0. The normalized spacial score (nSPS) is 13.5. The Hall–Kier alpha value is -2.23. The number of benzene rings is 1. The Labute approximate surface area is 111 Å². The van der Waals surface area contributed by atoms with E-state index in [2.05, 4.69) is 10.6 Å². The molecule has 0 radical (unpaired) electrons. The molecule has 0 aliphatic carbocycles. The van der Waals surface area contributed by atoms with E-state index in [1.165, 1.54) is 5.56 Å². The third-order valence-electron chi connectivity index (χ3n) is 3.34. The van der Waals surface area contributed by atoms with Gasteiger partial charge in [0, 0.05) is 29.9 Å². The first-order valence-corrected chi connectivity index (χ1v) is 6.49. The zero-order chi connectivity index (χ0) is 13.1. The summed E-state index contributed by atoms with van der Waals surface area (Å²) in [5.41, 5.74) is 4.05. The number of anilines is 1. The largest absolute Gasteiger partial charge is 0.472 e. The van der Waals surface area contributed by atoms with Gasteiger partial charge in [-0.3, -0.25) is 4.79 Å². The molecule has 2 N–H and O–H groups in total. The molecule has 98 valence electrons. The highest BCUT2D eigenvalue weighted by molar-refractivity contribution is 5.94. The van der Waals surface area contributed by atoms with Crippen molar-refractivity contribution >= 4 is 11.6 Å². The van der Waals surface area contributed by atoms with Crippen LogP contribution in [0.4, 0.5) is 5.69 Å². The molecule has 0 unspecified atom stereocenters. The van der Waals surface area contributed by atoms with Crippen molar-refractivity contribution in [2.75, 3.05) is 11.9 Å². The minimum Gasteiger partial charge on any atom is -0.472 e. The molecule has 4 nitrogen and oxygen atoms in total. The van der Waals surface area contributed by atoms with Crippen molar-refractivity contribution in [2.24, 2.45) is 0 Å². The molecule has 1 aromatic carbocycles. The fourth-order valence-corrected chi connectivity index (χ4v) is 2.29. The average Bonchev–Trinajstić information content (AvgIpc) is 2.97. The van der Waals surface area contributed by atoms with E-state index in [1.807, 2.05) is 24.3 Å². The van der Waals surface area contributed by atoms with Gasteiger partial charge in [-0.15, -0.1) is 0 Å². The van der Waals surface area contributed by atoms with Crippen LogP contribution in [0.3, 0.4) is 0 Å². The maximum absolute atomic E-state index is 12.1. The Kier molecular flexibility index (Phi) is 3.23. The highest BCUT2D eigenvalue weighted by atomic mass is 16.3. The van der Waals surface area contributed by atoms with Crippen molar-refractivity contribution in [3.63, 3.8) is 0 Å². The number of amides is 1. The standard InChI is InChI=1S/C15H16N2O2/c18-15(17-9-11-5-7-19-10-11)13-3-4-14-12(8-13)2-1-6-16-14/h3-5,7-8,10,16H,1-2,6,9H2,(H,17,18). The third kappa shape index (κ3) is 2.62. The second-order valence-electron chi connectivity index (χ2n) is 4.72. The van der Waals surface area contributed by atoms with E-state index in [-0.39, 0.29) is 5.91 Å². The van der Waals surface area contributed by atoms with E-state index in [9.17, 15) is 4.79 Å². The first kappa shape index (κ1) is 11.8. The summed E-state index contributed by atoms with van der Waals surface area (Å²) in [5, 5.41) is 6.23. The number of aryl methyl sites for hydroxylation is 1. The molecule has 0 fully saturated rings. The Morgan fingerprint density at radius 2 is 2.32 bits per heavy atom. The van der Waals surface area contributed by atoms with Gasteiger partial charge < -0.3 is 15.1 Å². The van der Waals surface area contributed by atoms with E-state index in [0.29, 0.717) is 12.1 Å². The van der Waals surface area contributed by atoms with E-state index in [0.717, 1.165) is 30.6 Å². The van der Waals surface area contributed by atoms with Crippen LogP contribution < -0.4 is 10.6 Å². The first-order chi connectivity index (χ1) is 9.33. The van der Waals surface area contributed by atoms with Crippen LogP contribution in [0.25, 0.3) is 0 Å². The molecule has 0 spiro atoms. The Morgan fingerprint density at radius 1 is 1.37 bits per heavy atom. The van der Waals surface area contributed by atoms with Crippen molar-refractivity contribution in [3.05, 3.63) is 53.5 Å². The van der Waals surface area contributed by atoms with Gasteiger partial charge in [0.25, 0.3) is 5.91 Å². The fourth-order valence-electron chi connectivity index (χ4n) is 2.29. The molecule has 3 rings (SSSR count). The maximum atomic E-state index is 12.1. The molecule has 2 heterocycles. The van der Waals surface area contributed by atoms with E-state index in [1.54, 1.807) is 12.5 Å². The lowest BCUT2D eigenvalue weighted by molar-refractivity contribution is 0.0951. The quantitative estimate of drug-likeness (QED) is 0.887. The van der Waals surface area contributed by atoms with Crippen LogP contribution >= 0.6 is 0 Å². The molecule has 2 aromatic rings. The number of rotatable bonds is 3. The second-order valence-corrected chi connectivity index (χ2v) is 4.72. The SMILES string of the molecule is O=C(NCc1ccoc1)c1ccc2c(c1)CCCN2. The summed E-state index contributed by atoms with van der Waals surface area (Å²) in [6.45, 7) is 1.50. The van der Waals surface area contributed by atoms with Crippen molar-refractivity contribution in [2.45, 2.75) is 19.4 Å². The van der Waals surface area contributed by atoms with Crippen LogP contribution in [0, 0.1) is 0 Å². The number of fused-ring (bicyclic) bond motifs is 1. The summed E-state index contributed by atoms with van der Waals surface area (Å²) < 4.78 is 4.97. The monoisotopic (exact) mass is 256 g/mol. The van der Waals surface area contributed by atoms with Crippen LogP contribution in [-0.2, 0) is 13.0 Å². The molecule has 0 saturated carbocycles. The Bertz CT molecular complexity index is 576. The van der Waals surface area contributed by atoms with Crippen molar-refractivity contribution in [1.29, 1.82) is 0 Å². The van der Waals surface area contributed by atoms with Gasteiger partial charge in [-0.1, -0.05) is 0 Å². The molecule has 1 aromatic heterocycles. The lowest BCUT2D eigenvalue weighted by Gasteiger charge is -2.18. The minimum absolute atomic E-state index is 0.0467. The molecule has 4 heteroatoms. The van der Waals surface area contributed by atoms with Crippen molar-refractivity contribution < 1.29 is 9.21 Å². The lowest BCUT2D eigenvalue weighted by atomic mass is 10.0. The summed E-state index contributed by atoms with van der Waals surface area (Å²) in [5.74, 6) is -0.0467. The van der Waals surface area contributed by atoms with E-state index in [4.69, 9.17) is 4.42 Å². The van der Waals surface area contributed by atoms with Crippen LogP contribution in [-0.4, -0.2) is 12.5 Å². The topological polar surface area (TPSA) is 54.3 Å². The third-order valence-corrected chi connectivity index (χ3v) is 3.34. The zero-order valence-electron chi connectivity index (χ0n) is 10.6. The number of furan rings is 1. The lowest BCUT2D eigenvalue weighted by Crippen LogP contribution is -2.23. The summed E-state index contributed by atoms with van der Waals surface area (Å²) in [7, 11) is 0. The van der Waals surface area contributed by atoms with Gasteiger partial charge in [0.1, 0.15) is 0 Å². The number of carbonyl (C=O) groups excluding carboxylic acids is 1. The smallest absolute Gasteiger partial charge is 0.251 e. The van der Waals surface area contributed by atoms with Gasteiger partial charge >= 0.3 is 0 Å². The van der Waals surface area contributed by atoms with E-state index < -0.39 is 0 Å². The fraction of sp³-hybridized carbons (Fsp3) is 0.267. The predicted molar refractivity (Wildman–Crippen MR) is 73.1 cm³/mol. The van der Waals surface area contributed by atoms with Gasteiger partial charge in [-0.2, -0.15) is 0 Å². The Morgan fingerprint density at radius 3 is 3.16 bits per heavy atom. The summed E-state index contributed by atoms with van der Waals surface area (Å²) in [6, 6.07) is 7.67. The molecule has 0 bridgehead atoms. The summed E-state index contributed by atoms with van der Waals surface area (Å²) in [6.07, 6.45) is 5.39. The number of carbonyl (C=O) groups is 1. The van der Waals surface area contributed by atoms with Crippen molar-refractivity contribution in [3.8, 4) is 0 Å². The Balaban J connectivity index is 1.69. The number of nitrogens with one attached hydrogen (secondary N) is 2. The molecule has 1 aliphatic rings. The minimum atomic E-state index is -0.0467. The average molecular weight is 256 g/mol. The van der Waals surface area contributed by atoms with E-state index >= 15 is 0 Å². The highest BCUT2D eigenvalue weighted by Gasteiger charge is 2.12. The first-order valence-electron chi connectivity index (χ1n) is 6.49. The van der Waals surface area contributed by atoms with Gasteiger partial charge in [-0.25, -0.2) is 0 Å². The number of hydrogen-bond acceptors (Lipinski definition) is 3. The zero-order valence-corrected chi connectivity index (χ0v) is 10.6. The molecular weight excluding hydrogens is 240 g/mol. The maximum Gasteiger partial charge on any atom is 0.251 e. The molecule has 0 atom stereocenters. The van der Waals surface area contributed by atoms with Gasteiger partial charge in [-0.05, 0) is 42.7 Å². The molecule has 0 saturated heterocycles. The van der Waals surface area contributed by atoms with Crippen LogP contribution in [0.15, 0.2) is 41.2 Å². The molecular formula is C15H16N2O2. The predicted octanol–water partition coefficient (Wildman–Crippen LogP) is 2.57. The second kappa shape index (κ2) is 5.18. The molecule has 1 amide bonds. The summed E-state index contributed by atoms with van der Waals surface area (Å²) in [4.78, 5) is 12.1. The van der Waals surface area contributed by atoms with Crippen LogP contribution in [0.1, 0.15) is 27.9 Å².